The van der Waals surface area contributed by atoms with Gasteiger partial charge in [0.2, 0.25) is 0 Å². The number of methoxy groups -OCH3 is 1. The lowest BCUT2D eigenvalue weighted by molar-refractivity contribution is 0.0241. The normalized spacial score (nSPS) is 18.9. The molecule has 7 nitrogen and oxygen atoms in total. The van der Waals surface area contributed by atoms with Gasteiger partial charge in [-0.3, -0.25) is 0 Å². The summed E-state index contributed by atoms with van der Waals surface area (Å²) in [5, 5.41) is 11.2. The number of hydrogen-bond acceptors (Lipinski definition) is 7. The summed E-state index contributed by atoms with van der Waals surface area (Å²) in [6.45, 7) is 5.96. The van der Waals surface area contributed by atoms with E-state index in [-0.39, 0.29) is 12.3 Å². The molecule has 2 atom stereocenters. The van der Waals surface area contributed by atoms with Crippen LogP contribution in [0.25, 0.3) is 21.3 Å². The average molecular weight is 480 g/mol. The van der Waals surface area contributed by atoms with Gasteiger partial charge in [0.1, 0.15) is 35.1 Å². The molecule has 1 aromatic carbocycles. The SMILES string of the molecule is CO[C@@H]1CN(C(=O)OC(C)(C)C)CC1Oc1cc(F)ccc1-c1nnc(Cl)c2ccsc12. The molecule has 3 heterocycles. The zero-order valence-corrected chi connectivity index (χ0v) is 19.7. The predicted octanol–water partition coefficient (Wildman–Crippen LogP) is 5.16. The molecule has 1 amide bonds. The van der Waals surface area contributed by atoms with Crippen LogP contribution in [-0.2, 0) is 9.47 Å². The van der Waals surface area contributed by atoms with Crippen LogP contribution in [0.3, 0.4) is 0 Å². The number of hydrogen-bond donors (Lipinski definition) is 0. The molecule has 1 aliphatic rings. The maximum absolute atomic E-state index is 14.2. The Balaban J connectivity index is 1.64. The number of thiophene rings is 1. The van der Waals surface area contributed by atoms with Crippen LogP contribution in [0.4, 0.5) is 9.18 Å². The molecule has 0 bridgehead atoms. The monoisotopic (exact) mass is 479 g/mol. The van der Waals surface area contributed by atoms with Crippen LogP contribution in [0, 0.1) is 5.82 Å². The number of rotatable bonds is 4. The van der Waals surface area contributed by atoms with Crippen LogP contribution in [0.2, 0.25) is 5.15 Å². The van der Waals surface area contributed by atoms with Gasteiger partial charge in [-0.2, -0.15) is 0 Å². The highest BCUT2D eigenvalue weighted by Crippen LogP contribution is 2.39. The number of carbonyl (C=O) groups is 1. The summed E-state index contributed by atoms with van der Waals surface area (Å²) in [5.41, 5.74) is 0.507. The van der Waals surface area contributed by atoms with Gasteiger partial charge in [-0.25, -0.2) is 9.18 Å². The van der Waals surface area contributed by atoms with Crippen molar-refractivity contribution < 1.29 is 23.4 Å². The molecule has 0 aliphatic carbocycles. The predicted molar refractivity (Wildman–Crippen MR) is 121 cm³/mol. The molecule has 32 heavy (non-hydrogen) atoms. The summed E-state index contributed by atoms with van der Waals surface area (Å²) in [7, 11) is 1.55. The van der Waals surface area contributed by atoms with E-state index in [4.69, 9.17) is 25.8 Å². The minimum absolute atomic E-state index is 0.240. The molecular formula is C22H23ClFN3O4S. The van der Waals surface area contributed by atoms with Gasteiger partial charge in [0.15, 0.2) is 5.15 Å². The van der Waals surface area contributed by atoms with Gasteiger partial charge in [-0.1, -0.05) is 11.6 Å². The molecule has 1 aliphatic heterocycles. The largest absolute Gasteiger partial charge is 0.485 e. The molecular weight excluding hydrogens is 457 g/mol. The van der Waals surface area contributed by atoms with Gasteiger partial charge in [-0.15, -0.1) is 21.5 Å². The van der Waals surface area contributed by atoms with E-state index in [9.17, 15) is 9.18 Å². The highest BCUT2D eigenvalue weighted by atomic mass is 35.5. The molecule has 3 aromatic rings. The zero-order chi connectivity index (χ0) is 23.0. The first-order valence-corrected chi connectivity index (χ1v) is 11.3. The third-order valence-corrected chi connectivity index (χ3v) is 6.19. The van der Waals surface area contributed by atoms with Crippen molar-refractivity contribution in [3.63, 3.8) is 0 Å². The molecule has 4 rings (SSSR count). The summed E-state index contributed by atoms with van der Waals surface area (Å²) in [6.07, 6.45) is -1.38. The lowest BCUT2D eigenvalue weighted by atomic mass is 10.1. The molecule has 170 valence electrons. The van der Waals surface area contributed by atoms with E-state index in [1.165, 1.54) is 28.4 Å². The molecule has 0 saturated carbocycles. The first-order valence-electron chi connectivity index (χ1n) is 10.0. The first kappa shape index (κ1) is 22.7. The maximum atomic E-state index is 14.2. The quantitative estimate of drug-likeness (QED) is 0.514. The van der Waals surface area contributed by atoms with Gasteiger partial charge in [-0.05, 0) is 44.4 Å². The third kappa shape index (κ3) is 4.65. The summed E-state index contributed by atoms with van der Waals surface area (Å²) in [4.78, 5) is 14.0. The van der Waals surface area contributed by atoms with Crippen LogP contribution in [0.5, 0.6) is 5.75 Å². The number of likely N-dealkylation sites (tertiary alicyclic amines) is 1. The van der Waals surface area contributed by atoms with Crippen molar-refractivity contribution in [1.29, 1.82) is 0 Å². The summed E-state index contributed by atoms with van der Waals surface area (Å²) in [5.74, 6) is -0.168. The second-order valence-electron chi connectivity index (χ2n) is 8.46. The second-order valence-corrected chi connectivity index (χ2v) is 9.73. The number of fused-ring (bicyclic) bond motifs is 1. The van der Waals surface area contributed by atoms with Crippen LogP contribution in [-0.4, -0.2) is 59.2 Å². The highest BCUT2D eigenvalue weighted by molar-refractivity contribution is 7.17. The number of halogens is 2. The Kier molecular flexibility index (Phi) is 6.24. The van der Waals surface area contributed by atoms with E-state index in [0.29, 0.717) is 23.0 Å². The van der Waals surface area contributed by atoms with Crippen molar-refractivity contribution in [3.05, 3.63) is 40.6 Å². The summed E-state index contributed by atoms with van der Waals surface area (Å²) >= 11 is 7.63. The van der Waals surface area contributed by atoms with Gasteiger partial charge in [0, 0.05) is 24.1 Å². The number of aromatic nitrogens is 2. The van der Waals surface area contributed by atoms with Crippen LogP contribution in [0.1, 0.15) is 20.8 Å². The lowest BCUT2D eigenvalue weighted by Gasteiger charge is -2.24. The van der Waals surface area contributed by atoms with Crippen molar-refractivity contribution in [2.75, 3.05) is 20.2 Å². The van der Waals surface area contributed by atoms with Gasteiger partial charge in [0.25, 0.3) is 0 Å². The molecule has 1 unspecified atom stereocenters. The second kappa shape index (κ2) is 8.80. The molecule has 10 heteroatoms. The standard InChI is InChI=1S/C22H23ClFN3O4S/c1-22(2,3)31-21(28)27-10-16(29-4)17(11-27)30-15-9-12(24)5-6-13(15)18-19-14(7-8-32-19)20(23)26-25-18/h5-9,16-17H,10-11H2,1-4H3/t16-,17?/m1/s1. The van der Waals surface area contributed by atoms with E-state index in [1.807, 2.05) is 11.4 Å². The smallest absolute Gasteiger partial charge is 0.410 e. The molecule has 1 saturated heterocycles. The number of ether oxygens (including phenoxy) is 3. The summed E-state index contributed by atoms with van der Waals surface area (Å²) in [6, 6.07) is 6.10. The average Bonchev–Trinajstić information content (AvgIpc) is 3.35. The molecule has 0 radical (unpaired) electrons. The Hall–Kier alpha value is -2.49. The molecule has 0 spiro atoms. The summed E-state index contributed by atoms with van der Waals surface area (Å²) < 4.78 is 32.2. The minimum Gasteiger partial charge on any atom is -0.485 e. The Morgan fingerprint density at radius 2 is 1.97 bits per heavy atom. The highest BCUT2D eigenvalue weighted by Gasteiger charge is 2.39. The van der Waals surface area contributed by atoms with E-state index < -0.39 is 29.7 Å². The van der Waals surface area contributed by atoms with Crippen molar-refractivity contribution >= 4 is 39.1 Å². The van der Waals surface area contributed by atoms with Crippen molar-refractivity contribution in [2.45, 2.75) is 38.6 Å². The molecule has 2 aromatic heterocycles. The van der Waals surface area contributed by atoms with E-state index >= 15 is 0 Å². The van der Waals surface area contributed by atoms with Crippen LogP contribution in [0.15, 0.2) is 29.6 Å². The van der Waals surface area contributed by atoms with E-state index in [2.05, 4.69) is 10.2 Å². The lowest BCUT2D eigenvalue weighted by Crippen LogP contribution is -2.36. The molecule has 0 N–H and O–H groups in total. The van der Waals surface area contributed by atoms with E-state index in [1.54, 1.807) is 33.9 Å². The van der Waals surface area contributed by atoms with Crippen molar-refractivity contribution in [3.8, 4) is 17.0 Å². The fraction of sp³-hybridized carbons (Fsp3) is 0.409. The van der Waals surface area contributed by atoms with Crippen molar-refractivity contribution in [1.82, 2.24) is 15.1 Å². The minimum atomic E-state index is -0.617. The number of carbonyl (C=O) groups excluding carboxylic acids is 1. The van der Waals surface area contributed by atoms with Crippen LogP contribution < -0.4 is 4.74 Å². The van der Waals surface area contributed by atoms with Gasteiger partial charge >= 0.3 is 6.09 Å². The molecule has 1 fully saturated rings. The third-order valence-electron chi connectivity index (χ3n) is 4.99. The number of nitrogens with zero attached hydrogens (tertiary/aromatic N) is 3. The van der Waals surface area contributed by atoms with Crippen molar-refractivity contribution in [2.24, 2.45) is 0 Å². The Bertz CT molecular complexity index is 1150. The van der Waals surface area contributed by atoms with E-state index in [0.717, 1.165) is 10.1 Å². The van der Waals surface area contributed by atoms with Gasteiger partial charge < -0.3 is 19.1 Å². The Morgan fingerprint density at radius 3 is 2.69 bits per heavy atom. The first-order chi connectivity index (χ1) is 15.2. The Labute approximate surface area is 194 Å². The fourth-order valence-electron chi connectivity index (χ4n) is 3.54. The number of amides is 1. The fourth-order valence-corrected chi connectivity index (χ4v) is 4.68. The maximum Gasteiger partial charge on any atom is 0.410 e. The van der Waals surface area contributed by atoms with Gasteiger partial charge in [0.05, 0.1) is 17.8 Å². The number of benzene rings is 1. The zero-order valence-electron chi connectivity index (χ0n) is 18.1. The van der Waals surface area contributed by atoms with Crippen LogP contribution >= 0.6 is 22.9 Å². The Morgan fingerprint density at radius 1 is 1.22 bits per heavy atom. The topological polar surface area (TPSA) is 73.8 Å².